The number of halogens is 1. The van der Waals surface area contributed by atoms with E-state index in [9.17, 15) is 4.79 Å². The molecule has 0 atom stereocenters. The molecule has 1 amide bonds. The third-order valence-electron chi connectivity index (χ3n) is 4.59. The highest BCUT2D eigenvalue weighted by molar-refractivity contribution is 9.09. The zero-order valence-electron chi connectivity index (χ0n) is 10.8. The molecule has 0 aliphatic heterocycles. The maximum Gasteiger partial charge on any atom is 0.223 e. The van der Waals surface area contributed by atoms with Gasteiger partial charge in [-0.15, -0.1) is 0 Å². The lowest BCUT2D eigenvalue weighted by Gasteiger charge is -2.32. The van der Waals surface area contributed by atoms with Gasteiger partial charge in [0.15, 0.2) is 0 Å². The standard InChI is InChI=1S/C14H24BrNO/c1-11-4-6-12(7-5-11)13(17)16-14(10-15)8-2-3-9-14/h11-12H,2-10H2,1H3,(H,16,17). The minimum atomic E-state index is 0.0696. The number of rotatable bonds is 3. The molecule has 0 heterocycles. The second kappa shape index (κ2) is 5.73. The molecule has 3 heteroatoms. The second-order valence-corrected chi connectivity index (χ2v) is 6.63. The van der Waals surface area contributed by atoms with Crippen molar-refractivity contribution < 1.29 is 4.79 Å². The van der Waals surface area contributed by atoms with Crippen molar-refractivity contribution in [3.05, 3.63) is 0 Å². The molecule has 2 fully saturated rings. The van der Waals surface area contributed by atoms with Crippen LogP contribution in [0.25, 0.3) is 0 Å². The Labute approximate surface area is 113 Å². The summed E-state index contributed by atoms with van der Waals surface area (Å²) >= 11 is 3.58. The smallest absolute Gasteiger partial charge is 0.223 e. The highest BCUT2D eigenvalue weighted by Crippen LogP contribution is 2.33. The average Bonchev–Trinajstić information content (AvgIpc) is 2.79. The fourth-order valence-corrected chi connectivity index (χ4v) is 3.93. The van der Waals surface area contributed by atoms with Crippen molar-refractivity contribution in [2.75, 3.05) is 5.33 Å². The molecule has 2 rings (SSSR count). The van der Waals surface area contributed by atoms with Crippen molar-refractivity contribution in [3.8, 4) is 0 Å². The van der Waals surface area contributed by atoms with E-state index in [0.29, 0.717) is 5.91 Å². The van der Waals surface area contributed by atoms with Gasteiger partial charge in [-0.25, -0.2) is 0 Å². The molecule has 2 nitrogen and oxygen atoms in total. The van der Waals surface area contributed by atoms with Crippen molar-refractivity contribution in [1.82, 2.24) is 5.32 Å². The van der Waals surface area contributed by atoms with Crippen LogP contribution in [0.5, 0.6) is 0 Å². The van der Waals surface area contributed by atoms with E-state index in [0.717, 1.165) is 36.9 Å². The second-order valence-electron chi connectivity index (χ2n) is 6.07. The topological polar surface area (TPSA) is 29.1 Å². The minimum absolute atomic E-state index is 0.0696. The molecule has 1 N–H and O–H groups in total. The number of hydrogen-bond donors (Lipinski definition) is 1. The molecule has 2 saturated carbocycles. The number of carbonyl (C=O) groups is 1. The molecule has 0 aromatic heterocycles. The molecule has 98 valence electrons. The largest absolute Gasteiger partial charge is 0.350 e. The van der Waals surface area contributed by atoms with Crippen LogP contribution in [0, 0.1) is 11.8 Å². The normalized spacial score (nSPS) is 32.4. The predicted octanol–water partition coefficient (Wildman–Crippen LogP) is 3.64. The fraction of sp³-hybridized carbons (Fsp3) is 0.929. The Balaban J connectivity index is 1.87. The van der Waals surface area contributed by atoms with Gasteiger partial charge in [0.1, 0.15) is 0 Å². The van der Waals surface area contributed by atoms with Crippen LogP contribution in [0.2, 0.25) is 0 Å². The first-order valence-corrected chi connectivity index (χ1v) is 8.15. The van der Waals surface area contributed by atoms with Crippen LogP contribution < -0.4 is 5.32 Å². The first kappa shape index (κ1) is 13.4. The summed E-state index contributed by atoms with van der Waals surface area (Å²) in [6, 6.07) is 0. The van der Waals surface area contributed by atoms with E-state index in [1.807, 2.05) is 0 Å². The summed E-state index contributed by atoms with van der Waals surface area (Å²) in [5.74, 6) is 1.41. The van der Waals surface area contributed by atoms with Crippen LogP contribution in [0.4, 0.5) is 0 Å². The summed E-state index contributed by atoms with van der Waals surface area (Å²) in [7, 11) is 0. The summed E-state index contributed by atoms with van der Waals surface area (Å²) in [6.45, 7) is 2.30. The molecule has 2 aliphatic carbocycles. The van der Waals surface area contributed by atoms with E-state index in [-0.39, 0.29) is 11.5 Å². The van der Waals surface area contributed by atoms with Crippen LogP contribution in [-0.2, 0) is 4.79 Å². The highest BCUT2D eigenvalue weighted by Gasteiger charge is 2.36. The van der Waals surface area contributed by atoms with Gasteiger partial charge < -0.3 is 5.32 Å². The Morgan fingerprint density at radius 1 is 1.24 bits per heavy atom. The lowest BCUT2D eigenvalue weighted by atomic mass is 9.82. The summed E-state index contributed by atoms with van der Waals surface area (Å²) in [5, 5.41) is 4.25. The molecule has 17 heavy (non-hydrogen) atoms. The van der Waals surface area contributed by atoms with E-state index >= 15 is 0 Å². The van der Waals surface area contributed by atoms with E-state index in [2.05, 4.69) is 28.2 Å². The van der Waals surface area contributed by atoms with Crippen molar-refractivity contribution in [2.45, 2.75) is 63.8 Å². The van der Waals surface area contributed by atoms with Gasteiger partial charge in [-0.1, -0.05) is 35.7 Å². The Morgan fingerprint density at radius 2 is 1.82 bits per heavy atom. The average molecular weight is 302 g/mol. The van der Waals surface area contributed by atoms with Gasteiger partial charge in [-0.3, -0.25) is 4.79 Å². The number of alkyl halides is 1. The van der Waals surface area contributed by atoms with Crippen LogP contribution in [0.3, 0.4) is 0 Å². The number of carbonyl (C=O) groups excluding carboxylic acids is 1. The predicted molar refractivity (Wildman–Crippen MR) is 74.3 cm³/mol. The first-order valence-electron chi connectivity index (χ1n) is 7.03. The van der Waals surface area contributed by atoms with Gasteiger partial charge in [-0.2, -0.15) is 0 Å². The lowest BCUT2D eigenvalue weighted by molar-refractivity contribution is -0.127. The van der Waals surface area contributed by atoms with Gasteiger partial charge in [0.25, 0.3) is 0 Å². The minimum Gasteiger partial charge on any atom is -0.350 e. The van der Waals surface area contributed by atoms with Gasteiger partial charge in [-0.05, 0) is 44.4 Å². The summed E-state index contributed by atoms with van der Waals surface area (Å²) in [4.78, 5) is 12.3. The van der Waals surface area contributed by atoms with Gasteiger partial charge >= 0.3 is 0 Å². The third kappa shape index (κ3) is 3.24. The number of hydrogen-bond acceptors (Lipinski definition) is 1. The fourth-order valence-electron chi connectivity index (χ4n) is 3.23. The zero-order valence-corrected chi connectivity index (χ0v) is 12.4. The Kier molecular flexibility index (Phi) is 4.51. The molecule has 0 saturated heterocycles. The summed E-state index contributed by atoms with van der Waals surface area (Å²) < 4.78 is 0. The van der Waals surface area contributed by atoms with E-state index in [1.54, 1.807) is 0 Å². The van der Waals surface area contributed by atoms with Crippen LogP contribution in [-0.4, -0.2) is 16.8 Å². The van der Waals surface area contributed by atoms with Crippen molar-refractivity contribution in [1.29, 1.82) is 0 Å². The molecular formula is C14H24BrNO. The molecule has 0 aromatic carbocycles. The van der Waals surface area contributed by atoms with Crippen molar-refractivity contribution >= 4 is 21.8 Å². The summed E-state index contributed by atoms with van der Waals surface area (Å²) in [6.07, 6.45) is 9.43. The lowest BCUT2D eigenvalue weighted by Crippen LogP contribution is -2.50. The molecule has 2 aliphatic rings. The maximum atomic E-state index is 12.3. The number of nitrogens with one attached hydrogen (secondary N) is 1. The Morgan fingerprint density at radius 3 is 2.35 bits per heavy atom. The summed E-state index contributed by atoms with van der Waals surface area (Å²) in [5.41, 5.74) is 0.0696. The molecule has 0 spiro atoms. The van der Waals surface area contributed by atoms with Crippen molar-refractivity contribution in [2.24, 2.45) is 11.8 Å². The van der Waals surface area contributed by atoms with E-state index in [4.69, 9.17) is 0 Å². The molecular weight excluding hydrogens is 278 g/mol. The zero-order chi connectivity index (χ0) is 12.3. The molecule has 0 aromatic rings. The quantitative estimate of drug-likeness (QED) is 0.792. The first-order chi connectivity index (χ1) is 8.15. The highest BCUT2D eigenvalue weighted by atomic mass is 79.9. The van der Waals surface area contributed by atoms with Gasteiger partial charge in [0.2, 0.25) is 5.91 Å². The van der Waals surface area contributed by atoms with Gasteiger partial charge in [0.05, 0.1) is 0 Å². The van der Waals surface area contributed by atoms with Crippen LogP contribution >= 0.6 is 15.9 Å². The Bertz CT molecular complexity index is 265. The molecule has 0 unspecified atom stereocenters. The molecule has 0 bridgehead atoms. The third-order valence-corrected chi connectivity index (χ3v) is 5.66. The van der Waals surface area contributed by atoms with E-state index < -0.39 is 0 Å². The van der Waals surface area contributed by atoms with Crippen molar-refractivity contribution in [3.63, 3.8) is 0 Å². The Hall–Kier alpha value is -0.0500. The van der Waals surface area contributed by atoms with Gasteiger partial charge in [0, 0.05) is 16.8 Å². The van der Waals surface area contributed by atoms with Crippen LogP contribution in [0.15, 0.2) is 0 Å². The van der Waals surface area contributed by atoms with Crippen LogP contribution in [0.1, 0.15) is 58.3 Å². The molecule has 0 radical (unpaired) electrons. The SMILES string of the molecule is CC1CCC(C(=O)NC2(CBr)CCCC2)CC1. The number of amides is 1. The maximum absolute atomic E-state index is 12.3. The van der Waals surface area contributed by atoms with E-state index in [1.165, 1.54) is 25.7 Å². The monoisotopic (exact) mass is 301 g/mol.